The maximum absolute atomic E-state index is 11.7. The zero-order valence-corrected chi connectivity index (χ0v) is 16.5. The molecule has 0 radical (unpaired) electrons. The molecular formula is C20H26N6O2. The average molecular weight is 382 g/mol. The number of carbonyl (C=O) groups is 1. The van der Waals surface area contributed by atoms with Gasteiger partial charge in [0.25, 0.3) is 0 Å². The number of aromatic nitrogens is 5. The summed E-state index contributed by atoms with van der Waals surface area (Å²) in [7, 11) is 0. The van der Waals surface area contributed by atoms with E-state index in [0.29, 0.717) is 30.8 Å². The van der Waals surface area contributed by atoms with Crippen LogP contribution < -0.4 is 5.32 Å². The minimum absolute atomic E-state index is 0.235. The lowest BCUT2D eigenvalue weighted by atomic mass is 9.93. The number of anilines is 2. The van der Waals surface area contributed by atoms with E-state index in [1.165, 1.54) is 0 Å². The van der Waals surface area contributed by atoms with Gasteiger partial charge in [-0.3, -0.25) is 4.68 Å². The molecule has 0 spiro atoms. The van der Waals surface area contributed by atoms with E-state index in [-0.39, 0.29) is 12.0 Å². The van der Waals surface area contributed by atoms with Crippen LogP contribution in [-0.4, -0.2) is 36.9 Å². The Morgan fingerprint density at radius 1 is 1.36 bits per heavy atom. The van der Waals surface area contributed by atoms with Gasteiger partial charge in [-0.15, -0.1) is 0 Å². The second kappa shape index (κ2) is 7.61. The van der Waals surface area contributed by atoms with Crippen LogP contribution in [0, 0.1) is 11.8 Å². The Morgan fingerprint density at radius 2 is 2.21 bits per heavy atom. The maximum atomic E-state index is 11.7. The summed E-state index contributed by atoms with van der Waals surface area (Å²) in [6.07, 6.45) is 9.15. The van der Waals surface area contributed by atoms with Gasteiger partial charge in [-0.05, 0) is 17.9 Å². The fourth-order valence-electron chi connectivity index (χ4n) is 3.67. The van der Waals surface area contributed by atoms with Crippen LogP contribution in [0.15, 0.2) is 30.9 Å². The van der Waals surface area contributed by atoms with Gasteiger partial charge in [0, 0.05) is 36.9 Å². The van der Waals surface area contributed by atoms with E-state index in [1.54, 1.807) is 17.1 Å². The first-order valence-corrected chi connectivity index (χ1v) is 9.85. The van der Waals surface area contributed by atoms with Crippen molar-refractivity contribution in [2.75, 3.05) is 11.9 Å². The van der Waals surface area contributed by atoms with Crippen LogP contribution in [0.5, 0.6) is 0 Å². The highest BCUT2D eigenvalue weighted by molar-refractivity contribution is 5.77. The highest BCUT2D eigenvalue weighted by Gasteiger charge is 2.28. The monoisotopic (exact) mass is 382 g/mol. The normalized spacial score (nSPS) is 18.0. The highest BCUT2D eigenvalue weighted by Crippen LogP contribution is 2.24. The molecule has 0 aliphatic carbocycles. The van der Waals surface area contributed by atoms with Gasteiger partial charge in [-0.1, -0.05) is 27.2 Å². The number of nitrogens with zero attached hydrogens (tertiary/aromatic N) is 5. The van der Waals surface area contributed by atoms with Crippen LogP contribution in [0.1, 0.15) is 39.7 Å². The average Bonchev–Trinajstić information content (AvgIpc) is 3.39. The van der Waals surface area contributed by atoms with Gasteiger partial charge in [0.05, 0.1) is 18.5 Å². The van der Waals surface area contributed by atoms with Crippen molar-refractivity contribution in [3.05, 3.63) is 30.9 Å². The molecule has 0 amide bonds. The Labute approximate surface area is 163 Å². The van der Waals surface area contributed by atoms with Crippen LogP contribution in [0.2, 0.25) is 0 Å². The maximum Gasteiger partial charge on any atom is 0.331 e. The first-order chi connectivity index (χ1) is 13.5. The number of cyclic esters (lactones) is 1. The quantitative estimate of drug-likeness (QED) is 0.629. The SMILES string of the molecule is CCC(Cn1ccc2cnc(Nc3cnn([C@H]4CCOC4=O)c3)nc21)C(C)C. The molecule has 4 heterocycles. The minimum atomic E-state index is -0.349. The van der Waals surface area contributed by atoms with Crippen LogP contribution in [0.3, 0.4) is 0 Å². The Hall–Kier alpha value is -2.90. The van der Waals surface area contributed by atoms with E-state index in [9.17, 15) is 4.79 Å². The molecule has 0 saturated carbocycles. The van der Waals surface area contributed by atoms with Gasteiger partial charge >= 0.3 is 5.97 Å². The third kappa shape index (κ3) is 3.58. The van der Waals surface area contributed by atoms with Gasteiger partial charge in [-0.2, -0.15) is 10.1 Å². The van der Waals surface area contributed by atoms with E-state index in [2.05, 4.69) is 53.0 Å². The molecule has 1 aliphatic heterocycles. The summed E-state index contributed by atoms with van der Waals surface area (Å²) in [4.78, 5) is 20.8. The van der Waals surface area contributed by atoms with E-state index in [4.69, 9.17) is 9.72 Å². The van der Waals surface area contributed by atoms with Crippen molar-refractivity contribution in [1.29, 1.82) is 0 Å². The Kier molecular flexibility index (Phi) is 5.02. The first-order valence-electron chi connectivity index (χ1n) is 9.85. The second-order valence-corrected chi connectivity index (χ2v) is 7.66. The number of rotatable bonds is 7. The van der Waals surface area contributed by atoms with Crippen molar-refractivity contribution in [2.45, 2.75) is 46.2 Å². The van der Waals surface area contributed by atoms with Crippen LogP contribution >= 0.6 is 0 Å². The molecule has 1 N–H and O–H groups in total. The molecule has 4 rings (SSSR count). The first kappa shape index (κ1) is 18.5. The molecular weight excluding hydrogens is 356 g/mol. The molecule has 0 bridgehead atoms. The van der Waals surface area contributed by atoms with Gasteiger partial charge in [0.2, 0.25) is 5.95 Å². The fourth-order valence-corrected chi connectivity index (χ4v) is 3.67. The number of esters is 1. The number of fused-ring (bicyclic) bond motifs is 1. The lowest BCUT2D eigenvalue weighted by Crippen LogP contribution is -2.15. The molecule has 148 valence electrons. The Morgan fingerprint density at radius 3 is 2.93 bits per heavy atom. The van der Waals surface area contributed by atoms with Crippen molar-refractivity contribution in [2.24, 2.45) is 11.8 Å². The standard InChI is InChI=1S/C20H26N6O2/c1-4-14(13(2)3)11-25-7-5-15-9-21-20(24-18(15)25)23-16-10-22-26(12-16)17-6-8-28-19(17)27/h5,7,9-10,12-14,17H,4,6,8,11H2,1-3H3,(H,21,23,24)/t14?,17-/m0/s1. The molecule has 0 aromatic carbocycles. The van der Waals surface area contributed by atoms with Gasteiger partial charge < -0.3 is 14.6 Å². The van der Waals surface area contributed by atoms with Crippen molar-refractivity contribution < 1.29 is 9.53 Å². The van der Waals surface area contributed by atoms with E-state index in [1.807, 2.05) is 6.20 Å². The lowest BCUT2D eigenvalue weighted by Gasteiger charge is -2.20. The molecule has 1 saturated heterocycles. The Balaban J connectivity index is 1.54. The van der Waals surface area contributed by atoms with Crippen LogP contribution in [-0.2, 0) is 16.1 Å². The van der Waals surface area contributed by atoms with E-state index >= 15 is 0 Å². The van der Waals surface area contributed by atoms with Crippen LogP contribution in [0.25, 0.3) is 11.0 Å². The predicted octanol–water partition coefficient (Wildman–Crippen LogP) is 3.54. The van der Waals surface area contributed by atoms with Gasteiger partial charge in [0.15, 0.2) is 6.04 Å². The smallest absolute Gasteiger partial charge is 0.331 e. The summed E-state index contributed by atoms with van der Waals surface area (Å²) < 4.78 is 8.84. The predicted molar refractivity (Wildman–Crippen MR) is 106 cm³/mol. The van der Waals surface area contributed by atoms with Crippen molar-refractivity contribution in [3.63, 3.8) is 0 Å². The summed E-state index contributed by atoms with van der Waals surface area (Å²) in [5.74, 6) is 1.50. The van der Waals surface area contributed by atoms with Gasteiger partial charge in [-0.25, -0.2) is 9.78 Å². The summed E-state index contributed by atoms with van der Waals surface area (Å²) in [6, 6.07) is 1.70. The number of ether oxygens (including phenoxy) is 1. The number of carbonyl (C=O) groups excluding carboxylic acids is 1. The number of nitrogens with one attached hydrogen (secondary N) is 1. The van der Waals surface area contributed by atoms with Crippen molar-refractivity contribution in [1.82, 2.24) is 24.3 Å². The summed E-state index contributed by atoms with van der Waals surface area (Å²) in [5.41, 5.74) is 1.66. The molecule has 1 aliphatic rings. The third-order valence-corrected chi connectivity index (χ3v) is 5.49. The van der Waals surface area contributed by atoms with E-state index in [0.717, 1.165) is 29.7 Å². The third-order valence-electron chi connectivity index (χ3n) is 5.49. The fraction of sp³-hybridized carbons (Fsp3) is 0.500. The zero-order valence-electron chi connectivity index (χ0n) is 16.5. The molecule has 2 atom stereocenters. The second-order valence-electron chi connectivity index (χ2n) is 7.66. The molecule has 1 fully saturated rings. The molecule has 28 heavy (non-hydrogen) atoms. The zero-order chi connectivity index (χ0) is 19.7. The lowest BCUT2D eigenvalue weighted by molar-refractivity contribution is -0.140. The largest absolute Gasteiger partial charge is 0.464 e. The summed E-state index contributed by atoms with van der Waals surface area (Å²) in [5, 5.41) is 8.49. The molecule has 3 aromatic heterocycles. The van der Waals surface area contributed by atoms with Gasteiger partial charge in [0.1, 0.15) is 5.65 Å². The topological polar surface area (TPSA) is 86.9 Å². The van der Waals surface area contributed by atoms with Crippen molar-refractivity contribution >= 4 is 28.6 Å². The molecule has 8 nitrogen and oxygen atoms in total. The number of hydrogen-bond acceptors (Lipinski definition) is 6. The van der Waals surface area contributed by atoms with E-state index < -0.39 is 0 Å². The molecule has 8 heteroatoms. The number of hydrogen-bond donors (Lipinski definition) is 1. The van der Waals surface area contributed by atoms with Crippen LogP contribution in [0.4, 0.5) is 11.6 Å². The highest BCUT2D eigenvalue weighted by atomic mass is 16.5. The Bertz CT molecular complexity index is 976. The molecule has 1 unspecified atom stereocenters. The summed E-state index contributed by atoms with van der Waals surface area (Å²) >= 11 is 0. The van der Waals surface area contributed by atoms with Crippen molar-refractivity contribution in [3.8, 4) is 0 Å². The molecule has 3 aromatic rings. The summed E-state index contributed by atoms with van der Waals surface area (Å²) in [6.45, 7) is 8.14. The minimum Gasteiger partial charge on any atom is -0.464 e.